The lowest BCUT2D eigenvalue weighted by Gasteiger charge is -2.37. The van der Waals surface area contributed by atoms with Gasteiger partial charge in [0, 0.05) is 26.2 Å². The highest BCUT2D eigenvalue weighted by molar-refractivity contribution is 7.98. The second kappa shape index (κ2) is 8.73. The second-order valence-electron chi connectivity index (χ2n) is 7.24. The Morgan fingerprint density at radius 2 is 1.73 bits per heavy atom. The van der Waals surface area contributed by atoms with Crippen LogP contribution in [0.1, 0.15) is 32.1 Å². The average Bonchev–Trinajstić information content (AvgIpc) is 3.31. The fraction of sp³-hybridized carbons (Fsp3) is 0.450. The van der Waals surface area contributed by atoms with E-state index in [2.05, 4.69) is 15.1 Å². The first-order valence-electron chi connectivity index (χ1n) is 9.81. The van der Waals surface area contributed by atoms with E-state index in [4.69, 9.17) is 0 Å². The van der Waals surface area contributed by atoms with Crippen molar-refractivity contribution in [2.45, 2.75) is 19.4 Å². The summed E-state index contributed by atoms with van der Waals surface area (Å²) in [6, 6.07) is 5.99. The molecule has 2 aliphatic rings. The largest absolute Gasteiger partial charge is 0.343 e. The predicted octanol–water partition coefficient (Wildman–Crippen LogP) is 1.91. The lowest BCUT2D eigenvalue weighted by molar-refractivity contribution is -0.135. The van der Waals surface area contributed by atoms with E-state index in [0.29, 0.717) is 49.5 Å². The minimum absolute atomic E-state index is 0.161. The molecule has 1 unspecified atom stereocenters. The molecule has 2 aromatic rings. The Labute approximate surface area is 183 Å². The van der Waals surface area contributed by atoms with Gasteiger partial charge in [0.1, 0.15) is 11.0 Å². The highest BCUT2D eigenvalue weighted by atomic mass is 32.2. The number of fused-ring (bicyclic) bond motifs is 1. The van der Waals surface area contributed by atoms with Crippen LogP contribution in [0.2, 0.25) is 0 Å². The lowest BCUT2D eigenvalue weighted by atomic mass is 10.1. The van der Waals surface area contributed by atoms with Crippen LogP contribution in [0.5, 0.6) is 0 Å². The molecule has 10 heteroatoms. The molecule has 0 saturated carbocycles. The normalized spacial score (nSPS) is 17.5. The van der Waals surface area contributed by atoms with Crippen molar-refractivity contribution in [1.82, 2.24) is 20.0 Å². The number of aryl methyl sites for hydroxylation is 1. The van der Waals surface area contributed by atoms with E-state index in [0.717, 1.165) is 10.1 Å². The molecule has 8 nitrogen and oxygen atoms in total. The summed E-state index contributed by atoms with van der Waals surface area (Å²) < 4.78 is 0. The number of thioether (sulfide) groups is 1. The molecule has 2 aliphatic heterocycles. The molecule has 1 aromatic carbocycles. The van der Waals surface area contributed by atoms with Crippen LogP contribution < -0.4 is 4.90 Å². The number of carbonyl (C=O) groups excluding carboxylic acids is 3. The third-order valence-corrected chi connectivity index (χ3v) is 6.94. The molecule has 1 saturated heterocycles. The van der Waals surface area contributed by atoms with Gasteiger partial charge in [-0.25, -0.2) is 0 Å². The summed E-state index contributed by atoms with van der Waals surface area (Å²) in [5.41, 5.74) is 0.752. The highest BCUT2D eigenvalue weighted by Crippen LogP contribution is 2.28. The molecular formula is C20H23N5O3S2. The van der Waals surface area contributed by atoms with Crippen molar-refractivity contribution in [2.75, 3.05) is 43.1 Å². The van der Waals surface area contributed by atoms with Gasteiger partial charge >= 0.3 is 0 Å². The van der Waals surface area contributed by atoms with E-state index in [1.807, 2.05) is 13.2 Å². The monoisotopic (exact) mass is 445 g/mol. The molecule has 1 fully saturated rings. The van der Waals surface area contributed by atoms with Gasteiger partial charge in [0.2, 0.25) is 11.0 Å². The lowest BCUT2D eigenvalue weighted by Crippen LogP contribution is -2.56. The van der Waals surface area contributed by atoms with Gasteiger partial charge in [-0.05, 0) is 37.5 Å². The zero-order valence-electron chi connectivity index (χ0n) is 16.9. The molecule has 30 heavy (non-hydrogen) atoms. The summed E-state index contributed by atoms with van der Waals surface area (Å²) in [7, 11) is 0. The predicted molar refractivity (Wildman–Crippen MR) is 117 cm³/mol. The summed E-state index contributed by atoms with van der Waals surface area (Å²) in [4.78, 5) is 44.3. The fourth-order valence-electron chi connectivity index (χ4n) is 3.83. The Morgan fingerprint density at radius 1 is 1.10 bits per heavy atom. The highest BCUT2D eigenvalue weighted by Gasteiger charge is 2.43. The molecular weight excluding hydrogens is 422 g/mol. The van der Waals surface area contributed by atoms with Crippen molar-refractivity contribution >= 4 is 46.0 Å². The van der Waals surface area contributed by atoms with Crippen LogP contribution >= 0.6 is 23.1 Å². The van der Waals surface area contributed by atoms with E-state index < -0.39 is 6.04 Å². The molecule has 1 atom stereocenters. The molecule has 3 heterocycles. The zero-order chi connectivity index (χ0) is 21.3. The third-order valence-electron chi connectivity index (χ3n) is 5.39. The molecule has 0 N–H and O–H groups in total. The van der Waals surface area contributed by atoms with Crippen LogP contribution in [0.3, 0.4) is 0 Å². The second-order valence-corrected chi connectivity index (χ2v) is 9.38. The van der Waals surface area contributed by atoms with Crippen LogP contribution in [-0.4, -0.2) is 81.9 Å². The number of nitrogens with zero attached hydrogens (tertiary/aromatic N) is 5. The number of piperazine rings is 1. The maximum Gasteiger partial charge on any atom is 0.262 e. The van der Waals surface area contributed by atoms with Gasteiger partial charge in [-0.1, -0.05) is 23.5 Å². The maximum absolute atomic E-state index is 13.4. The number of carbonyl (C=O) groups is 3. The number of rotatable bonds is 6. The first kappa shape index (κ1) is 20.8. The minimum atomic E-state index is -0.778. The molecule has 0 aliphatic carbocycles. The zero-order valence-corrected chi connectivity index (χ0v) is 18.5. The van der Waals surface area contributed by atoms with Gasteiger partial charge in [0.05, 0.1) is 11.1 Å². The summed E-state index contributed by atoms with van der Waals surface area (Å²) in [6.07, 6.45) is 2.40. The van der Waals surface area contributed by atoms with E-state index in [9.17, 15) is 14.4 Å². The SMILES string of the molecule is CSCCC(C(=O)N1CCN(c2nnc(C)s2)CC1)N1C(=O)c2ccccc2C1=O. The molecule has 0 radical (unpaired) electrons. The van der Waals surface area contributed by atoms with Crippen molar-refractivity contribution in [3.63, 3.8) is 0 Å². The Bertz CT molecular complexity index is 936. The number of anilines is 1. The van der Waals surface area contributed by atoms with E-state index >= 15 is 0 Å². The topological polar surface area (TPSA) is 86.7 Å². The van der Waals surface area contributed by atoms with Crippen LogP contribution in [-0.2, 0) is 4.79 Å². The fourth-order valence-corrected chi connectivity index (χ4v) is 5.02. The van der Waals surface area contributed by atoms with Gasteiger partial charge in [-0.2, -0.15) is 11.8 Å². The van der Waals surface area contributed by atoms with Crippen molar-refractivity contribution in [1.29, 1.82) is 0 Å². The Balaban J connectivity index is 1.50. The smallest absolute Gasteiger partial charge is 0.262 e. The van der Waals surface area contributed by atoms with Crippen LogP contribution in [0.25, 0.3) is 0 Å². The van der Waals surface area contributed by atoms with Gasteiger partial charge in [0.25, 0.3) is 11.8 Å². The average molecular weight is 446 g/mol. The van der Waals surface area contributed by atoms with Gasteiger partial charge in [-0.3, -0.25) is 19.3 Å². The molecule has 0 bridgehead atoms. The number of hydrogen-bond acceptors (Lipinski definition) is 8. The van der Waals surface area contributed by atoms with Gasteiger partial charge < -0.3 is 9.80 Å². The van der Waals surface area contributed by atoms with Crippen LogP contribution in [0, 0.1) is 6.92 Å². The van der Waals surface area contributed by atoms with Crippen molar-refractivity contribution in [2.24, 2.45) is 0 Å². The molecule has 1 aromatic heterocycles. The standard InChI is InChI=1S/C20H23N5O3S2/c1-13-21-22-20(30-13)24-10-8-23(9-11-24)19(28)16(7-12-29-2)25-17(26)14-5-3-4-6-15(14)18(25)27/h3-6,16H,7-12H2,1-2H3. The minimum Gasteiger partial charge on any atom is -0.343 e. The van der Waals surface area contributed by atoms with E-state index in [1.165, 1.54) is 16.2 Å². The Hall–Kier alpha value is -2.46. The quantitative estimate of drug-likeness (QED) is 0.628. The number of hydrogen-bond donors (Lipinski definition) is 0. The number of aromatic nitrogens is 2. The Morgan fingerprint density at radius 3 is 2.27 bits per heavy atom. The van der Waals surface area contributed by atoms with Crippen molar-refractivity contribution in [3.05, 3.63) is 40.4 Å². The van der Waals surface area contributed by atoms with E-state index in [-0.39, 0.29) is 17.7 Å². The van der Waals surface area contributed by atoms with Gasteiger partial charge in [-0.15, -0.1) is 10.2 Å². The maximum atomic E-state index is 13.4. The number of benzene rings is 1. The van der Waals surface area contributed by atoms with E-state index in [1.54, 1.807) is 40.9 Å². The molecule has 3 amide bonds. The first-order chi connectivity index (χ1) is 14.5. The van der Waals surface area contributed by atoms with Crippen LogP contribution in [0.4, 0.5) is 5.13 Å². The van der Waals surface area contributed by atoms with Crippen molar-refractivity contribution < 1.29 is 14.4 Å². The first-order valence-corrected chi connectivity index (χ1v) is 12.0. The van der Waals surface area contributed by atoms with Crippen LogP contribution in [0.15, 0.2) is 24.3 Å². The van der Waals surface area contributed by atoms with Crippen molar-refractivity contribution in [3.8, 4) is 0 Å². The summed E-state index contributed by atoms with van der Waals surface area (Å²) in [6.45, 7) is 4.27. The summed E-state index contributed by atoms with van der Waals surface area (Å²) in [5.74, 6) is -0.226. The molecule has 0 spiro atoms. The summed E-state index contributed by atoms with van der Waals surface area (Å²) >= 11 is 3.13. The molecule has 158 valence electrons. The summed E-state index contributed by atoms with van der Waals surface area (Å²) in [5, 5.41) is 10.0. The molecule has 4 rings (SSSR count). The number of amides is 3. The van der Waals surface area contributed by atoms with Gasteiger partial charge in [0.15, 0.2) is 0 Å². The third kappa shape index (κ3) is 3.81. The number of imide groups is 1. The Kier molecular flexibility index (Phi) is 6.05.